The van der Waals surface area contributed by atoms with Crippen molar-refractivity contribution in [3.63, 3.8) is 0 Å². The third-order valence-corrected chi connectivity index (χ3v) is 5.32. The minimum absolute atomic E-state index is 0.0866. The Morgan fingerprint density at radius 3 is 2.69 bits per heavy atom. The Morgan fingerprint density at radius 2 is 2.04 bits per heavy atom. The Bertz CT molecular complexity index is 971. The van der Waals surface area contributed by atoms with Gasteiger partial charge in [-0.2, -0.15) is 9.49 Å². The molecular formula is C20H21FN4O. The first kappa shape index (κ1) is 16.7. The van der Waals surface area contributed by atoms with Gasteiger partial charge in [-0.25, -0.2) is 4.68 Å². The quantitative estimate of drug-likeness (QED) is 0.761. The number of rotatable bonds is 3. The fourth-order valence-electron chi connectivity index (χ4n) is 3.75. The molecule has 2 aromatic carbocycles. The molecule has 1 amide bonds. The molecule has 3 aromatic rings. The van der Waals surface area contributed by atoms with Crippen molar-refractivity contribution in [2.45, 2.75) is 25.2 Å². The SMILES string of the molecule is CC1(c2ccc(-n3nc4c(C(N)=O)cccc4c3F)cc2)CCCNC1. The number of benzene rings is 2. The summed E-state index contributed by atoms with van der Waals surface area (Å²) < 4.78 is 16.1. The normalized spacial score (nSPS) is 20.4. The molecule has 1 aromatic heterocycles. The summed E-state index contributed by atoms with van der Waals surface area (Å²) in [5.41, 5.74) is 7.81. The molecule has 3 N–H and O–H groups in total. The minimum atomic E-state index is -0.617. The molecule has 0 saturated carbocycles. The molecule has 0 radical (unpaired) electrons. The number of piperidine rings is 1. The van der Waals surface area contributed by atoms with Crippen molar-refractivity contribution in [2.24, 2.45) is 5.73 Å². The number of carbonyl (C=O) groups is 1. The van der Waals surface area contributed by atoms with E-state index < -0.39 is 11.9 Å². The second kappa shape index (κ2) is 6.21. The van der Waals surface area contributed by atoms with Gasteiger partial charge in [0.15, 0.2) is 0 Å². The number of carbonyl (C=O) groups excluding carboxylic acids is 1. The lowest BCUT2D eigenvalue weighted by Crippen LogP contribution is -2.41. The first-order valence-electron chi connectivity index (χ1n) is 8.78. The van der Waals surface area contributed by atoms with Crippen molar-refractivity contribution in [1.29, 1.82) is 0 Å². The molecule has 1 saturated heterocycles. The van der Waals surface area contributed by atoms with Gasteiger partial charge in [-0.3, -0.25) is 4.79 Å². The third-order valence-electron chi connectivity index (χ3n) is 5.32. The van der Waals surface area contributed by atoms with Gasteiger partial charge in [0.2, 0.25) is 5.95 Å². The Balaban J connectivity index is 1.75. The molecule has 26 heavy (non-hydrogen) atoms. The number of nitrogens with one attached hydrogen (secondary N) is 1. The average Bonchev–Trinajstić information content (AvgIpc) is 2.99. The van der Waals surface area contributed by atoms with E-state index in [1.807, 2.05) is 24.3 Å². The first-order valence-corrected chi connectivity index (χ1v) is 8.78. The van der Waals surface area contributed by atoms with Gasteiger partial charge in [0, 0.05) is 12.0 Å². The maximum absolute atomic E-state index is 14.8. The number of aromatic nitrogens is 2. The summed E-state index contributed by atoms with van der Waals surface area (Å²) in [7, 11) is 0. The lowest BCUT2D eigenvalue weighted by molar-refractivity contribution is 0.100. The van der Waals surface area contributed by atoms with Crippen LogP contribution in [-0.2, 0) is 5.41 Å². The smallest absolute Gasteiger partial charge is 0.250 e. The molecule has 1 unspecified atom stereocenters. The fourth-order valence-corrected chi connectivity index (χ4v) is 3.75. The van der Waals surface area contributed by atoms with Crippen LogP contribution < -0.4 is 11.1 Å². The van der Waals surface area contributed by atoms with Crippen molar-refractivity contribution in [3.8, 4) is 5.69 Å². The van der Waals surface area contributed by atoms with E-state index >= 15 is 0 Å². The van der Waals surface area contributed by atoms with Crippen molar-refractivity contribution in [1.82, 2.24) is 15.1 Å². The number of hydrogen-bond acceptors (Lipinski definition) is 3. The Kier molecular flexibility index (Phi) is 4.00. The highest BCUT2D eigenvalue weighted by Crippen LogP contribution is 2.31. The van der Waals surface area contributed by atoms with Gasteiger partial charge < -0.3 is 11.1 Å². The molecule has 1 aliphatic heterocycles. The zero-order valence-electron chi connectivity index (χ0n) is 14.6. The van der Waals surface area contributed by atoms with Crippen molar-refractivity contribution < 1.29 is 9.18 Å². The molecule has 134 valence electrons. The van der Waals surface area contributed by atoms with Crippen LogP contribution in [-0.4, -0.2) is 28.8 Å². The molecule has 6 heteroatoms. The lowest BCUT2D eigenvalue weighted by atomic mass is 9.76. The predicted molar refractivity (Wildman–Crippen MR) is 99.0 cm³/mol. The molecule has 4 rings (SSSR count). The second-order valence-electron chi connectivity index (χ2n) is 7.16. The van der Waals surface area contributed by atoms with E-state index in [1.165, 1.54) is 10.2 Å². The summed E-state index contributed by atoms with van der Waals surface area (Å²) in [4.78, 5) is 11.6. The monoisotopic (exact) mass is 352 g/mol. The highest BCUT2D eigenvalue weighted by molar-refractivity contribution is 6.04. The topological polar surface area (TPSA) is 72.9 Å². The van der Waals surface area contributed by atoms with Crippen LogP contribution in [0, 0.1) is 5.95 Å². The molecule has 0 bridgehead atoms. The number of amides is 1. The molecule has 0 spiro atoms. The molecular weight excluding hydrogens is 331 g/mol. The van der Waals surface area contributed by atoms with E-state index in [-0.39, 0.29) is 21.9 Å². The number of fused-ring (bicyclic) bond motifs is 1. The van der Waals surface area contributed by atoms with Crippen molar-refractivity contribution in [3.05, 3.63) is 59.5 Å². The molecule has 5 nitrogen and oxygen atoms in total. The van der Waals surface area contributed by atoms with Crippen LogP contribution >= 0.6 is 0 Å². The average molecular weight is 352 g/mol. The Labute approximate surface area is 151 Å². The molecule has 2 heterocycles. The van der Waals surface area contributed by atoms with Crippen LogP contribution in [0.3, 0.4) is 0 Å². The largest absolute Gasteiger partial charge is 0.366 e. The van der Waals surface area contributed by atoms with Gasteiger partial charge in [-0.15, -0.1) is 0 Å². The number of halogens is 1. The van der Waals surface area contributed by atoms with Gasteiger partial charge in [-0.1, -0.05) is 25.1 Å². The molecule has 1 fully saturated rings. The number of hydrogen-bond donors (Lipinski definition) is 2. The molecule has 1 aliphatic rings. The fraction of sp³-hybridized carbons (Fsp3) is 0.300. The van der Waals surface area contributed by atoms with Gasteiger partial charge in [0.25, 0.3) is 5.91 Å². The summed E-state index contributed by atoms with van der Waals surface area (Å²) in [5, 5.41) is 8.02. The van der Waals surface area contributed by atoms with E-state index in [9.17, 15) is 9.18 Å². The zero-order chi connectivity index (χ0) is 18.3. The summed E-state index contributed by atoms with van der Waals surface area (Å²) in [6, 6.07) is 12.6. The van der Waals surface area contributed by atoms with E-state index in [0.29, 0.717) is 5.69 Å². The Morgan fingerprint density at radius 1 is 1.27 bits per heavy atom. The summed E-state index contributed by atoms with van der Waals surface area (Å²) in [5.74, 6) is -1.12. The first-order chi connectivity index (χ1) is 12.5. The van der Waals surface area contributed by atoms with Crippen LogP contribution in [0.5, 0.6) is 0 Å². The van der Waals surface area contributed by atoms with Crippen LogP contribution in [0.1, 0.15) is 35.7 Å². The molecule has 1 atom stereocenters. The van der Waals surface area contributed by atoms with E-state index in [2.05, 4.69) is 17.3 Å². The van der Waals surface area contributed by atoms with Gasteiger partial charge in [0.1, 0.15) is 5.52 Å². The van der Waals surface area contributed by atoms with Crippen LogP contribution in [0.15, 0.2) is 42.5 Å². The van der Waals surface area contributed by atoms with Crippen molar-refractivity contribution in [2.75, 3.05) is 13.1 Å². The lowest BCUT2D eigenvalue weighted by Gasteiger charge is -2.34. The van der Waals surface area contributed by atoms with E-state index in [0.717, 1.165) is 25.9 Å². The van der Waals surface area contributed by atoms with Crippen LogP contribution in [0.2, 0.25) is 0 Å². The van der Waals surface area contributed by atoms with Gasteiger partial charge >= 0.3 is 0 Å². The van der Waals surface area contributed by atoms with Crippen LogP contribution in [0.4, 0.5) is 4.39 Å². The predicted octanol–water partition coefficient (Wildman–Crippen LogP) is 2.90. The number of nitrogens with zero attached hydrogens (tertiary/aromatic N) is 2. The zero-order valence-corrected chi connectivity index (χ0v) is 14.6. The number of primary amides is 1. The van der Waals surface area contributed by atoms with Gasteiger partial charge in [0.05, 0.1) is 16.6 Å². The highest BCUT2D eigenvalue weighted by atomic mass is 19.1. The van der Waals surface area contributed by atoms with Crippen molar-refractivity contribution >= 4 is 16.8 Å². The van der Waals surface area contributed by atoms with Gasteiger partial charge in [-0.05, 0) is 49.2 Å². The summed E-state index contributed by atoms with van der Waals surface area (Å²) >= 11 is 0. The minimum Gasteiger partial charge on any atom is -0.366 e. The summed E-state index contributed by atoms with van der Waals surface area (Å²) in [6.45, 7) is 4.24. The standard InChI is InChI=1S/C20H21FN4O/c1-20(10-3-11-23-12-20)13-6-8-14(9-7-13)25-18(21)15-4-2-5-16(19(22)26)17(15)24-25/h2,4-9,23H,3,10-12H2,1H3,(H2,22,26). The second-order valence-corrected chi connectivity index (χ2v) is 7.16. The summed E-state index contributed by atoms with van der Waals surface area (Å²) in [6.07, 6.45) is 2.27. The number of nitrogens with two attached hydrogens (primary N) is 1. The molecule has 0 aliphatic carbocycles. The third kappa shape index (κ3) is 2.66. The maximum Gasteiger partial charge on any atom is 0.250 e. The van der Waals surface area contributed by atoms with E-state index in [4.69, 9.17) is 5.73 Å². The maximum atomic E-state index is 14.8. The van der Waals surface area contributed by atoms with E-state index in [1.54, 1.807) is 18.2 Å². The van der Waals surface area contributed by atoms with Crippen LogP contribution in [0.25, 0.3) is 16.6 Å². The highest BCUT2D eigenvalue weighted by Gasteiger charge is 2.28. The Hall–Kier alpha value is -2.73.